The van der Waals surface area contributed by atoms with Gasteiger partial charge in [0.25, 0.3) is 5.91 Å². The van der Waals surface area contributed by atoms with E-state index in [4.69, 9.17) is 0 Å². The van der Waals surface area contributed by atoms with Gasteiger partial charge in [-0.3, -0.25) is 14.5 Å². The van der Waals surface area contributed by atoms with Gasteiger partial charge >= 0.3 is 0 Å². The van der Waals surface area contributed by atoms with Gasteiger partial charge in [0.15, 0.2) is 0 Å². The Balaban J connectivity index is 2.64. The maximum absolute atomic E-state index is 14.3. The van der Waals surface area contributed by atoms with Gasteiger partial charge in [0.05, 0.1) is 5.69 Å². The molecular weight excluding hydrogens is 339 g/mol. The minimum atomic E-state index is -1.07. The lowest BCUT2D eigenvalue weighted by Gasteiger charge is -2.44. The van der Waals surface area contributed by atoms with Gasteiger partial charge < -0.3 is 5.32 Å². The molecule has 0 aliphatic carbocycles. The molecule has 1 saturated heterocycles. The molecule has 1 aliphatic rings. The number of anilines is 1. The highest BCUT2D eigenvalue weighted by Gasteiger charge is 2.48. The largest absolute Gasteiger partial charge is 0.340 e. The molecule has 0 aromatic heterocycles. The first-order valence-corrected chi connectivity index (χ1v) is 7.56. The number of hydrogen-bond acceptors (Lipinski definition) is 2. The molecule has 0 bridgehead atoms. The second kappa shape index (κ2) is 5.40. The minimum absolute atomic E-state index is 0.115. The van der Waals surface area contributed by atoms with Gasteiger partial charge in [0, 0.05) is 4.47 Å². The van der Waals surface area contributed by atoms with Crippen molar-refractivity contribution in [2.75, 3.05) is 4.90 Å². The maximum atomic E-state index is 14.3. The zero-order valence-electron chi connectivity index (χ0n) is 12.4. The highest BCUT2D eigenvalue weighted by molar-refractivity contribution is 9.10. The summed E-state index contributed by atoms with van der Waals surface area (Å²) in [5, 5.41) is 2.71. The van der Waals surface area contributed by atoms with Crippen molar-refractivity contribution in [2.24, 2.45) is 5.92 Å². The van der Waals surface area contributed by atoms with Gasteiger partial charge in [-0.05, 0) is 47.8 Å². The Morgan fingerprint density at radius 3 is 2.48 bits per heavy atom. The maximum Gasteiger partial charge on any atom is 0.253 e. The quantitative estimate of drug-likeness (QED) is 0.885. The molecule has 4 nitrogen and oxygen atoms in total. The van der Waals surface area contributed by atoms with Crippen LogP contribution in [0, 0.1) is 11.7 Å². The number of nitrogens with one attached hydrogen (secondary N) is 1. The van der Waals surface area contributed by atoms with Crippen molar-refractivity contribution in [3.63, 3.8) is 0 Å². The molecule has 0 radical (unpaired) electrons. The molecule has 2 amide bonds. The number of amides is 2. The summed E-state index contributed by atoms with van der Waals surface area (Å²) in [6.07, 6.45) is 0. The first kappa shape index (κ1) is 15.9. The zero-order valence-corrected chi connectivity index (χ0v) is 14.0. The van der Waals surface area contributed by atoms with Gasteiger partial charge in [-0.1, -0.05) is 19.9 Å². The van der Waals surface area contributed by atoms with Crippen LogP contribution in [-0.4, -0.2) is 23.4 Å². The Bertz CT molecular complexity index is 581. The van der Waals surface area contributed by atoms with Crippen LogP contribution in [0.4, 0.5) is 10.1 Å². The fourth-order valence-corrected chi connectivity index (χ4v) is 3.07. The number of rotatable bonds is 2. The number of carbonyl (C=O) groups excluding carboxylic acids is 2. The molecule has 1 heterocycles. The lowest BCUT2D eigenvalue weighted by molar-refractivity contribution is -0.138. The Morgan fingerprint density at radius 1 is 1.33 bits per heavy atom. The number of hydrogen-bond donors (Lipinski definition) is 1. The monoisotopic (exact) mass is 356 g/mol. The molecule has 1 aromatic carbocycles. The Kier molecular flexibility index (Phi) is 4.10. The number of nitrogens with zero attached hydrogens (tertiary/aromatic N) is 1. The summed E-state index contributed by atoms with van der Waals surface area (Å²) in [7, 11) is 0. The number of benzene rings is 1. The molecule has 1 aromatic rings. The Labute approximate surface area is 131 Å². The van der Waals surface area contributed by atoms with Crippen LogP contribution >= 0.6 is 15.9 Å². The van der Waals surface area contributed by atoms with Crippen LogP contribution in [0.25, 0.3) is 0 Å². The number of carbonyl (C=O) groups is 2. The van der Waals surface area contributed by atoms with Crippen LogP contribution in [0.15, 0.2) is 22.7 Å². The zero-order chi connectivity index (χ0) is 15.9. The van der Waals surface area contributed by atoms with Crippen LogP contribution in [-0.2, 0) is 9.59 Å². The molecule has 6 heteroatoms. The molecule has 1 N–H and O–H groups in total. The van der Waals surface area contributed by atoms with E-state index in [2.05, 4.69) is 21.2 Å². The topological polar surface area (TPSA) is 49.4 Å². The lowest BCUT2D eigenvalue weighted by Crippen LogP contribution is -2.69. The van der Waals surface area contributed by atoms with E-state index < -0.39 is 17.4 Å². The first-order valence-electron chi connectivity index (χ1n) is 6.76. The third-order valence-electron chi connectivity index (χ3n) is 3.55. The van der Waals surface area contributed by atoms with E-state index in [0.29, 0.717) is 4.47 Å². The van der Waals surface area contributed by atoms with Crippen LogP contribution in [0.2, 0.25) is 0 Å². The van der Waals surface area contributed by atoms with Gasteiger partial charge in [0.1, 0.15) is 17.4 Å². The number of halogens is 2. The van der Waals surface area contributed by atoms with E-state index in [1.165, 1.54) is 11.0 Å². The average molecular weight is 357 g/mol. The average Bonchev–Trinajstić information content (AvgIpc) is 2.33. The summed E-state index contributed by atoms with van der Waals surface area (Å²) >= 11 is 3.28. The third kappa shape index (κ3) is 2.69. The van der Waals surface area contributed by atoms with Crippen molar-refractivity contribution in [1.29, 1.82) is 0 Å². The van der Waals surface area contributed by atoms with E-state index in [-0.39, 0.29) is 23.4 Å². The van der Waals surface area contributed by atoms with E-state index in [9.17, 15) is 14.0 Å². The van der Waals surface area contributed by atoms with Crippen molar-refractivity contribution in [3.05, 3.63) is 28.5 Å². The second-order valence-corrected chi connectivity index (χ2v) is 6.90. The van der Waals surface area contributed by atoms with Gasteiger partial charge in [-0.25, -0.2) is 4.39 Å². The molecule has 1 fully saturated rings. The molecule has 1 unspecified atom stereocenters. The molecule has 0 saturated carbocycles. The molecule has 0 spiro atoms. The van der Waals surface area contributed by atoms with Crippen molar-refractivity contribution in [1.82, 2.24) is 5.32 Å². The fraction of sp³-hybridized carbons (Fsp3) is 0.467. The predicted octanol–water partition coefficient (Wildman–Crippen LogP) is 2.85. The molecular formula is C15H18BrFN2O2. The summed E-state index contributed by atoms with van der Waals surface area (Å²) in [6.45, 7) is 6.90. The summed E-state index contributed by atoms with van der Waals surface area (Å²) in [6, 6.07) is 3.75. The van der Waals surface area contributed by atoms with Crippen LogP contribution in [0.1, 0.15) is 27.7 Å². The van der Waals surface area contributed by atoms with Crippen molar-refractivity contribution < 1.29 is 14.0 Å². The number of piperazine rings is 1. The van der Waals surface area contributed by atoms with Crippen molar-refractivity contribution in [3.8, 4) is 0 Å². The van der Waals surface area contributed by atoms with Gasteiger partial charge in [-0.2, -0.15) is 0 Å². The highest BCUT2D eigenvalue weighted by Crippen LogP contribution is 2.35. The molecule has 1 atom stereocenters. The normalized spacial score (nSPS) is 21.7. The molecule has 2 rings (SSSR count). The SMILES string of the molecule is CC(C)C1C(=O)NC(C)(C)C(=O)N1c1c(F)cccc1Br. The minimum Gasteiger partial charge on any atom is -0.340 e. The molecule has 114 valence electrons. The highest BCUT2D eigenvalue weighted by atomic mass is 79.9. The first-order chi connectivity index (χ1) is 9.66. The summed E-state index contributed by atoms with van der Waals surface area (Å²) in [5.74, 6) is -1.28. The van der Waals surface area contributed by atoms with E-state index in [1.54, 1.807) is 26.0 Å². The lowest BCUT2D eigenvalue weighted by atomic mass is 9.91. The predicted molar refractivity (Wildman–Crippen MR) is 82.4 cm³/mol. The van der Waals surface area contributed by atoms with Gasteiger partial charge in [-0.15, -0.1) is 0 Å². The summed E-state index contributed by atoms with van der Waals surface area (Å²) in [4.78, 5) is 26.4. The summed E-state index contributed by atoms with van der Waals surface area (Å²) < 4.78 is 14.7. The molecule has 21 heavy (non-hydrogen) atoms. The van der Waals surface area contributed by atoms with E-state index in [0.717, 1.165) is 0 Å². The standard InChI is InChI=1S/C15H18BrFN2O2/c1-8(2)11-13(20)18-15(3,4)14(21)19(11)12-9(16)6-5-7-10(12)17/h5-8,11H,1-4H3,(H,18,20). The fourth-order valence-electron chi connectivity index (χ4n) is 2.54. The van der Waals surface area contributed by atoms with Crippen LogP contribution in [0.5, 0.6) is 0 Å². The van der Waals surface area contributed by atoms with Crippen molar-refractivity contribution >= 4 is 33.4 Å². The van der Waals surface area contributed by atoms with Crippen molar-refractivity contribution in [2.45, 2.75) is 39.3 Å². The van der Waals surface area contributed by atoms with E-state index in [1.807, 2.05) is 13.8 Å². The Morgan fingerprint density at radius 2 is 1.95 bits per heavy atom. The third-order valence-corrected chi connectivity index (χ3v) is 4.19. The number of para-hydroxylation sites is 1. The van der Waals surface area contributed by atoms with Crippen LogP contribution in [0.3, 0.4) is 0 Å². The van der Waals surface area contributed by atoms with Crippen LogP contribution < -0.4 is 10.2 Å². The second-order valence-electron chi connectivity index (χ2n) is 6.05. The summed E-state index contributed by atoms with van der Waals surface area (Å²) in [5.41, 5.74) is -0.950. The van der Waals surface area contributed by atoms with Gasteiger partial charge in [0.2, 0.25) is 5.91 Å². The smallest absolute Gasteiger partial charge is 0.253 e. The molecule has 1 aliphatic heterocycles. The Hall–Kier alpha value is -1.43. The van der Waals surface area contributed by atoms with E-state index >= 15 is 0 Å².